The molecule has 4 rings (SSSR count). The largest absolute Gasteiger partial charge is 0.407 e. The fourth-order valence-electron chi connectivity index (χ4n) is 3.19. The number of aromatic amines is 1. The number of hydrogen-bond donors (Lipinski definition) is 2. The van der Waals surface area contributed by atoms with Crippen LogP contribution >= 0.6 is 11.6 Å². The third kappa shape index (κ3) is 3.69. The van der Waals surface area contributed by atoms with E-state index in [0.29, 0.717) is 24.5 Å². The van der Waals surface area contributed by atoms with E-state index in [-0.39, 0.29) is 11.3 Å². The van der Waals surface area contributed by atoms with Crippen LogP contribution in [0.5, 0.6) is 0 Å². The first kappa shape index (κ1) is 18.0. The molecule has 4 nitrogen and oxygen atoms in total. The molecule has 0 saturated carbocycles. The van der Waals surface area contributed by atoms with Crippen molar-refractivity contribution >= 4 is 22.5 Å². The summed E-state index contributed by atoms with van der Waals surface area (Å²) in [5.41, 5.74) is 1.96. The number of nitrogens with one attached hydrogen (secondary N) is 1. The lowest BCUT2D eigenvalue weighted by Crippen LogP contribution is -2.22. The van der Waals surface area contributed by atoms with Gasteiger partial charge in [0, 0.05) is 34.2 Å². The van der Waals surface area contributed by atoms with Crippen molar-refractivity contribution in [2.24, 2.45) is 0 Å². The van der Waals surface area contributed by atoms with E-state index in [9.17, 15) is 13.9 Å². The summed E-state index contributed by atoms with van der Waals surface area (Å²) in [4.78, 5) is 8.83. The van der Waals surface area contributed by atoms with Gasteiger partial charge in [0.1, 0.15) is 17.7 Å². The zero-order chi connectivity index (χ0) is 19.0. The fraction of sp³-hybridized carbons (Fsp3) is 0.200. The van der Waals surface area contributed by atoms with E-state index in [1.54, 1.807) is 11.1 Å². The van der Waals surface area contributed by atoms with Gasteiger partial charge >= 0.3 is 0 Å². The van der Waals surface area contributed by atoms with E-state index in [4.69, 9.17) is 16.4 Å². The highest BCUT2D eigenvalue weighted by Crippen LogP contribution is 2.29. The SMILES string of the molecule is OC(C1=CCN(CCc2c[nH]c3ccc(Cl)cc23)O1)c1cc(F)ccc1F. The molecule has 2 heterocycles. The van der Waals surface area contributed by atoms with Crippen molar-refractivity contribution in [3.8, 4) is 0 Å². The predicted octanol–water partition coefficient (Wildman–Crippen LogP) is 4.51. The van der Waals surface area contributed by atoms with Crippen LogP contribution in [0.3, 0.4) is 0 Å². The van der Waals surface area contributed by atoms with Crippen molar-refractivity contribution in [2.45, 2.75) is 12.5 Å². The van der Waals surface area contributed by atoms with Gasteiger partial charge in [-0.3, -0.25) is 0 Å². The van der Waals surface area contributed by atoms with Gasteiger partial charge in [0.05, 0.1) is 6.54 Å². The first-order valence-electron chi connectivity index (χ1n) is 8.53. The van der Waals surface area contributed by atoms with E-state index in [1.165, 1.54) is 0 Å². The van der Waals surface area contributed by atoms with E-state index in [1.807, 2.05) is 24.4 Å². The molecule has 0 bridgehead atoms. The van der Waals surface area contributed by atoms with Crippen molar-refractivity contribution in [1.29, 1.82) is 0 Å². The standard InChI is InChI=1S/C20H17ClF2N2O2/c21-13-1-4-18-15(9-13)12(11-24-18)5-7-25-8-6-19(27-25)20(26)16-10-14(22)2-3-17(16)23/h1-4,6,9-11,20,24,26H,5,7-8H2. The van der Waals surface area contributed by atoms with E-state index < -0.39 is 17.7 Å². The third-order valence-electron chi connectivity index (χ3n) is 4.61. The molecule has 0 fully saturated rings. The van der Waals surface area contributed by atoms with Crippen molar-refractivity contribution in [3.05, 3.63) is 82.2 Å². The molecule has 1 aliphatic rings. The van der Waals surface area contributed by atoms with Crippen LogP contribution in [-0.4, -0.2) is 28.2 Å². The van der Waals surface area contributed by atoms with Gasteiger partial charge in [0.15, 0.2) is 5.76 Å². The van der Waals surface area contributed by atoms with Gasteiger partial charge in [0.2, 0.25) is 0 Å². The number of fused-ring (bicyclic) bond motifs is 1. The molecule has 0 amide bonds. The number of H-pyrrole nitrogens is 1. The Hall–Kier alpha value is -2.41. The van der Waals surface area contributed by atoms with Gasteiger partial charge in [0.25, 0.3) is 0 Å². The van der Waals surface area contributed by atoms with Crippen molar-refractivity contribution < 1.29 is 18.7 Å². The summed E-state index contributed by atoms with van der Waals surface area (Å²) in [6.07, 6.45) is 2.95. The Balaban J connectivity index is 1.40. The summed E-state index contributed by atoms with van der Waals surface area (Å²) < 4.78 is 27.2. The maximum absolute atomic E-state index is 13.8. The summed E-state index contributed by atoms with van der Waals surface area (Å²) in [7, 11) is 0. The Morgan fingerprint density at radius 1 is 1.22 bits per heavy atom. The molecular weight excluding hydrogens is 374 g/mol. The molecule has 1 aliphatic heterocycles. The monoisotopic (exact) mass is 390 g/mol. The number of hydrogen-bond acceptors (Lipinski definition) is 3. The lowest BCUT2D eigenvalue weighted by atomic mass is 10.1. The predicted molar refractivity (Wildman–Crippen MR) is 99.1 cm³/mol. The van der Waals surface area contributed by atoms with Crippen LogP contribution in [-0.2, 0) is 11.3 Å². The van der Waals surface area contributed by atoms with Crippen LogP contribution in [0.2, 0.25) is 5.02 Å². The third-order valence-corrected chi connectivity index (χ3v) is 4.85. The highest BCUT2D eigenvalue weighted by molar-refractivity contribution is 6.31. The molecule has 0 saturated heterocycles. The maximum Gasteiger partial charge on any atom is 0.155 e. The molecule has 0 aliphatic carbocycles. The molecular formula is C20H17ClF2N2O2. The van der Waals surface area contributed by atoms with E-state index >= 15 is 0 Å². The molecule has 1 aromatic heterocycles. The molecule has 3 aromatic rings. The molecule has 1 unspecified atom stereocenters. The van der Waals surface area contributed by atoms with Gasteiger partial charge < -0.3 is 14.9 Å². The second-order valence-electron chi connectivity index (χ2n) is 6.41. The highest BCUT2D eigenvalue weighted by Gasteiger charge is 2.26. The smallest absolute Gasteiger partial charge is 0.155 e. The number of halogens is 3. The lowest BCUT2D eigenvalue weighted by molar-refractivity contribution is -0.108. The number of aliphatic hydroxyl groups is 1. The number of nitrogens with zero attached hydrogens (tertiary/aromatic N) is 1. The number of rotatable bonds is 5. The van der Waals surface area contributed by atoms with Crippen molar-refractivity contribution in [1.82, 2.24) is 10.0 Å². The molecule has 1 atom stereocenters. The summed E-state index contributed by atoms with van der Waals surface area (Å²) in [6, 6.07) is 8.64. The van der Waals surface area contributed by atoms with Crippen LogP contribution in [0, 0.1) is 11.6 Å². The van der Waals surface area contributed by atoms with Crippen LogP contribution in [0.15, 0.2) is 54.4 Å². The zero-order valence-corrected chi connectivity index (χ0v) is 15.0. The molecule has 0 radical (unpaired) electrons. The topological polar surface area (TPSA) is 48.5 Å². The molecule has 0 spiro atoms. The zero-order valence-electron chi connectivity index (χ0n) is 14.3. The minimum Gasteiger partial charge on any atom is -0.407 e. The molecule has 27 heavy (non-hydrogen) atoms. The second-order valence-corrected chi connectivity index (χ2v) is 6.84. The van der Waals surface area contributed by atoms with E-state index in [0.717, 1.165) is 34.7 Å². The highest BCUT2D eigenvalue weighted by atomic mass is 35.5. The van der Waals surface area contributed by atoms with Crippen LogP contribution in [0.1, 0.15) is 17.2 Å². The Kier molecular flexibility index (Phi) is 4.86. The first-order valence-corrected chi connectivity index (χ1v) is 8.90. The summed E-state index contributed by atoms with van der Waals surface area (Å²) in [6.45, 7) is 1.02. The molecule has 2 N–H and O–H groups in total. The minimum atomic E-state index is -1.35. The molecule has 140 valence electrons. The molecule has 7 heteroatoms. The fourth-order valence-corrected chi connectivity index (χ4v) is 3.37. The number of benzene rings is 2. The number of hydroxylamine groups is 2. The Morgan fingerprint density at radius 2 is 2.07 bits per heavy atom. The van der Waals surface area contributed by atoms with Gasteiger partial charge in [-0.05, 0) is 54.5 Å². The molecule has 2 aromatic carbocycles. The number of aromatic nitrogens is 1. The van der Waals surface area contributed by atoms with Gasteiger partial charge in [-0.15, -0.1) is 5.06 Å². The van der Waals surface area contributed by atoms with Crippen LogP contribution in [0.4, 0.5) is 8.78 Å². The Labute approximate surface area is 159 Å². The maximum atomic E-state index is 13.8. The summed E-state index contributed by atoms with van der Waals surface area (Å²) in [5, 5.41) is 13.7. The van der Waals surface area contributed by atoms with Gasteiger partial charge in [-0.25, -0.2) is 8.78 Å². The summed E-state index contributed by atoms with van der Waals surface area (Å²) in [5.74, 6) is -1.09. The van der Waals surface area contributed by atoms with Crippen molar-refractivity contribution in [2.75, 3.05) is 13.1 Å². The lowest BCUT2D eigenvalue weighted by Gasteiger charge is -2.19. The Bertz CT molecular complexity index is 1020. The summed E-state index contributed by atoms with van der Waals surface area (Å²) >= 11 is 6.07. The van der Waals surface area contributed by atoms with Crippen LogP contribution in [0.25, 0.3) is 10.9 Å². The quantitative estimate of drug-likeness (QED) is 0.674. The average Bonchev–Trinajstić information content (AvgIpc) is 3.28. The average molecular weight is 391 g/mol. The second kappa shape index (κ2) is 7.31. The van der Waals surface area contributed by atoms with Gasteiger partial charge in [-0.1, -0.05) is 11.6 Å². The van der Waals surface area contributed by atoms with Crippen LogP contribution < -0.4 is 0 Å². The number of aliphatic hydroxyl groups excluding tert-OH is 1. The normalized spacial score (nSPS) is 15.8. The van der Waals surface area contributed by atoms with Gasteiger partial charge in [-0.2, -0.15) is 0 Å². The minimum absolute atomic E-state index is 0.144. The first-order chi connectivity index (χ1) is 13.0. The Morgan fingerprint density at radius 3 is 2.93 bits per heavy atom. The van der Waals surface area contributed by atoms with Crippen molar-refractivity contribution in [3.63, 3.8) is 0 Å². The van der Waals surface area contributed by atoms with E-state index in [2.05, 4.69) is 4.98 Å².